The molecule has 3 aromatic carbocycles. The van der Waals surface area contributed by atoms with Crippen LogP contribution < -0.4 is 4.74 Å². The lowest BCUT2D eigenvalue weighted by Crippen LogP contribution is -2.30. The van der Waals surface area contributed by atoms with Crippen LogP contribution in [0.25, 0.3) is 16.6 Å². The molecule has 7 rings (SSSR count). The van der Waals surface area contributed by atoms with Gasteiger partial charge in [0.1, 0.15) is 29.7 Å². The van der Waals surface area contributed by atoms with Crippen LogP contribution in [0.2, 0.25) is 0 Å². The molecule has 1 atom stereocenters. The number of carbonyl (C=O) groups is 2. The van der Waals surface area contributed by atoms with Crippen molar-refractivity contribution in [2.45, 2.75) is 83.0 Å². The van der Waals surface area contributed by atoms with Crippen LogP contribution in [-0.4, -0.2) is 26.1 Å². The Balaban J connectivity index is 0.000000390. The topological polar surface area (TPSA) is 98.6 Å². The molecule has 234 valence electrons. The van der Waals surface area contributed by atoms with E-state index in [0.717, 1.165) is 60.3 Å². The van der Waals surface area contributed by atoms with Gasteiger partial charge in [-0.1, -0.05) is 87.8 Å². The number of ether oxygens (including phenoxy) is 2. The quantitative estimate of drug-likeness (QED) is 0.156. The Hall–Kier alpha value is -3.88. The van der Waals surface area contributed by atoms with Crippen molar-refractivity contribution in [3.05, 3.63) is 95.1 Å². The van der Waals surface area contributed by atoms with Gasteiger partial charge in [0, 0.05) is 17.1 Å². The van der Waals surface area contributed by atoms with Gasteiger partial charge in [0.15, 0.2) is 0 Å². The molecule has 2 aliphatic carbocycles. The summed E-state index contributed by atoms with van der Waals surface area (Å²) in [6, 6.07) is 22.7. The molecule has 0 saturated heterocycles. The summed E-state index contributed by atoms with van der Waals surface area (Å²) in [4.78, 5) is 23.5. The largest absolute Gasteiger partial charge is 0.489 e. The molecule has 1 unspecified atom stereocenters. The summed E-state index contributed by atoms with van der Waals surface area (Å²) in [6.07, 6.45) is 13.6. The first kappa shape index (κ1) is 31.1. The monoisotopic (exact) mass is 624 g/mol. The number of benzene rings is 3. The van der Waals surface area contributed by atoms with Crippen LogP contribution in [0.3, 0.4) is 0 Å². The second-order valence-corrected chi connectivity index (χ2v) is 12.9. The molecule has 7 nitrogen and oxygen atoms in total. The molecular weight excluding hydrogens is 584 g/mol. The third-order valence-corrected chi connectivity index (χ3v) is 9.81. The Kier molecular flexibility index (Phi) is 10.0. The lowest BCUT2D eigenvalue weighted by molar-refractivity contribution is -0.185. The molecule has 0 spiro atoms. The minimum Gasteiger partial charge on any atom is -0.489 e. The minimum atomic E-state index is -1.82. The first-order valence-corrected chi connectivity index (χ1v) is 16.9. The summed E-state index contributed by atoms with van der Waals surface area (Å²) >= 11 is 1.14. The highest BCUT2D eigenvalue weighted by molar-refractivity contribution is 7.00. The van der Waals surface area contributed by atoms with Gasteiger partial charge in [-0.2, -0.15) is 8.75 Å². The summed E-state index contributed by atoms with van der Waals surface area (Å²) in [7, 11) is 0. The average molecular weight is 625 g/mol. The van der Waals surface area contributed by atoms with Crippen LogP contribution in [0.4, 0.5) is 0 Å². The Morgan fingerprint density at radius 1 is 0.867 bits per heavy atom. The molecule has 0 bridgehead atoms. The van der Waals surface area contributed by atoms with E-state index in [1.807, 2.05) is 60.7 Å². The van der Waals surface area contributed by atoms with E-state index in [2.05, 4.69) is 8.75 Å². The predicted octanol–water partition coefficient (Wildman–Crippen LogP) is 8.16. The van der Waals surface area contributed by atoms with Gasteiger partial charge in [0.05, 0.1) is 17.3 Å². The standard InChI is InChI=1S/C30H28N2O4S.C7H12O/c33-29-28(22-11-16-26-27(18-22)32-37-31-26)25(17-20-7-3-1-4-8-20)30(34,36-29)23-12-14-24(15-13-23)35-19-21-9-5-2-6-10-21;8-6-7-4-2-1-3-5-7/h2,5-6,9-16,18,20,34H,1,3-4,7-8,17,19H2;6-7H,1-5H2. The van der Waals surface area contributed by atoms with Gasteiger partial charge in [-0.25, -0.2) is 4.79 Å². The first-order chi connectivity index (χ1) is 22.0. The van der Waals surface area contributed by atoms with Gasteiger partial charge < -0.3 is 19.4 Å². The van der Waals surface area contributed by atoms with Crippen LogP contribution in [0.5, 0.6) is 5.75 Å². The molecule has 1 aromatic heterocycles. The normalized spacial score (nSPS) is 20.9. The minimum absolute atomic E-state index is 0.401. The number of aliphatic hydroxyl groups is 1. The van der Waals surface area contributed by atoms with Crippen molar-refractivity contribution in [2.24, 2.45) is 11.8 Å². The first-order valence-electron chi connectivity index (χ1n) is 16.2. The Bertz CT molecular complexity index is 1620. The smallest absolute Gasteiger partial charge is 0.341 e. The van der Waals surface area contributed by atoms with Crippen LogP contribution in [-0.2, 0) is 26.7 Å². The maximum absolute atomic E-state index is 13.3. The van der Waals surface area contributed by atoms with Crippen molar-refractivity contribution in [3.8, 4) is 5.75 Å². The maximum atomic E-state index is 13.3. The van der Waals surface area contributed by atoms with Crippen LogP contribution in [0.15, 0.2) is 78.4 Å². The fourth-order valence-corrected chi connectivity index (χ4v) is 7.23. The van der Waals surface area contributed by atoms with Crippen molar-refractivity contribution in [1.82, 2.24) is 8.75 Å². The molecule has 8 heteroatoms. The summed E-state index contributed by atoms with van der Waals surface area (Å²) < 4.78 is 20.3. The lowest BCUT2D eigenvalue weighted by atomic mass is 9.80. The zero-order valence-electron chi connectivity index (χ0n) is 25.5. The van der Waals surface area contributed by atoms with E-state index in [4.69, 9.17) is 9.47 Å². The molecule has 2 saturated carbocycles. The SMILES string of the molecule is O=C1OC(O)(c2ccc(OCc3ccccc3)cc2)C(CC2CCCCC2)=C1c1ccc2nsnc2c1.O=CC1CCCCC1. The summed E-state index contributed by atoms with van der Waals surface area (Å²) in [5.74, 6) is -0.848. The van der Waals surface area contributed by atoms with Crippen LogP contribution >= 0.6 is 11.7 Å². The third-order valence-electron chi connectivity index (χ3n) is 9.25. The highest BCUT2D eigenvalue weighted by atomic mass is 32.1. The number of hydrogen-bond donors (Lipinski definition) is 1. The van der Waals surface area contributed by atoms with Gasteiger partial charge in [0.25, 0.3) is 5.79 Å². The van der Waals surface area contributed by atoms with E-state index in [9.17, 15) is 14.7 Å². The maximum Gasteiger partial charge on any atom is 0.341 e. The van der Waals surface area contributed by atoms with Crippen molar-refractivity contribution in [3.63, 3.8) is 0 Å². The van der Waals surface area contributed by atoms with Gasteiger partial charge in [-0.05, 0) is 72.7 Å². The molecule has 1 N–H and O–H groups in total. The molecule has 3 aliphatic rings. The summed E-state index contributed by atoms with van der Waals surface area (Å²) in [5, 5.41) is 12.0. The lowest BCUT2D eigenvalue weighted by Gasteiger charge is -2.29. The van der Waals surface area contributed by atoms with Gasteiger partial charge in [-0.3, -0.25) is 0 Å². The van der Waals surface area contributed by atoms with Crippen molar-refractivity contribution < 1.29 is 24.2 Å². The highest BCUT2D eigenvalue weighted by Crippen LogP contribution is 2.47. The average Bonchev–Trinajstić information content (AvgIpc) is 3.67. The number of esters is 1. The van der Waals surface area contributed by atoms with Crippen LogP contribution in [0.1, 0.15) is 87.3 Å². The number of aldehydes is 1. The van der Waals surface area contributed by atoms with Gasteiger partial charge >= 0.3 is 5.97 Å². The van der Waals surface area contributed by atoms with Crippen LogP contribution in [0, 0.1) is 11.8 Å². The van der Waals surface area contributed by atoms with E-state index in [-0.39, 0.29) is 0 Å². The number of hydrogen-bond acceptors (Lipinski definition) is 8. The molecule has 2 heterocycles. The molecule has 45 heavy (non-hydrogen) atoms. The van der Waals surface area contributed by atoms with E-state index in [1.165, 1.54) is 38.5 Å². The number of nitrogens with zero attached hydrogens (tertiary/aromatic N) is 2. The zero-order valence-corrected chi connectivity index (χ0v) is 26.3. The van der Waals surface area contributed by atoms with E-state index in [1.54, 1.807) is 12.1 Å². The number of carbonyl (C=O) groups excluding carboxylic acids is 2. The third kappa shape index (κ3) is 7.34. The fourth-order valence-electron chi connectivity index (χ4n) is 6.71. The second kappa shape index (κ2) is 14.5. The van der Waals surface area contributed by atoms with E-state index >= 15 is 0 Å². The zero-order chi connectivity index (χ0) is 31.1. The molecule has 4 aromatic rings. The van der Waals surface area contributed by atoms with Gasteiger partial charge in [0.2, 0.25) is 0 Å². The van der Waals surface area contributed by atoms with Crippen molar-refractivity contribution >= 4 is 40.6 Å². The molecule has 2 fully saturated rings. The number of fused-ring (bicyclic) bond motifs is 1. The van der Waals surface area contributed by atoms with Crippen molar-refractivity contribution in [1.29, 1.82) is 0 Å². The summed E-state index contributed by atoms with van der Waals surface area (Å²) in [5.41, 5.74) is 4.88. The molecular formula is C37H40N2O5S. The Labute approximate surface area is 268 Å². The molecule has 0 amide bonds. The van der Waals surface area contributed by atoms with Crippen molar-refractivity contribution in [2.75, 3.05) is 0 Å². The predicted molar refractivity (Wildman–Crippen MR) is 175 cm³/mol. The van der Waals surface area contributed by atoms with Gasteiger partial charge in [-0.15, -0.1) is 0 Å². The Morgan fingerprint density at radius 3 is 2.24 bits per heavy atom. The van der Waals surface area contributed by atoms with E-state index < -0.39 is 11.8 Å². The number of aromatic nitrogens is 2. The number of cyclic esters (lactones) is 1. The van der Waals surface area contributed by atoms with E-state index in [0.29, 0.717) is 52.9 Å². The Morgan fingerprint density at radius 2 is 1.56 bits per heavy atom. The molecule has 1 aliphatic heterocycles. The highest BCUT2D eigenvalue weighted by Gasteiger charge is 2.48. The summed E-state index contributed by atoms with van der Waals surface area (Å²) in [6.45, 7) is 0.449. The fraction of sp³-hybridized carbons (Fsp3) is 0.405. The number of rotatable bonds is 8. The molecule has 0 radical (unpaired) electrons. The second-order valence-electron chi connectivity index (χ2n) is 12.4.